The first-order valence-corrected chi connectivity index (χ1v) is 9.45. The summed E-state index contributed by atoms with van der Waals surface area (Å²) in [6.45, 7) is 10.8. The number of carbonyl (C=O) groups is 2. The number of hydrogen-bond acceptors (Lipinski definition) is 4. The van der Waals surface area contributed by atoms with Crippen molar-refractivity contribution >= 4 is 17.6 Å². The number of carboxylic acid groups (broad SMARTS) is 2. The summed E-state index contributed by atoms with van der Waals surface area (Å²) in [7, 11) is 0. The second-order valence-electron chi connectivity index (χ2n) is 6.32. The highest BCUT2D eigenvalue weighted by Gasteiger charge is 2.15. The number of carboxylic acids is 2. The monoisotopic (exact) mass is 366 g/mol. The van der Waals surface area contributed by atoms with Gasteiger partial charge in [-0.25, -0.2) is 9.59 Å². The molecule has 0 saturated carbocycles. The second-order valence-corrected chi connectivity index (χ2v) is 6.32. The first kappa shape index (κ1) is 23.9. The molecule has 0 spiro atoms. The fourth-order valence-electron chi connectivity index (χ4n) is 2.41. The van der Waals surface area contributed by atoms with Crippen LogP contribution in [0.25, 0.3) is 0 Å². The third-order valence-corrected chi connectivity index (χ3v) is 3.99. The van der Waals surface area contributed by atoms with Crippen LogP contribution in [0.5, 0.6) is 0 Å². The van der Waals surface area contributed by atoms with Crippen LogP contribution in [0.3, 0.4) is 0 Å². The molecule has 0 radical (unpaired) electrons. The Bertz CT molecular complexity index is 528. The van der Waals surface area contributed by atoms with Gasteiger partial charge in [-0.2, -0.15) is 0 Å². The van der Waals surface area contributed by atoms with E-state index in [1.807, 2.05) is 0 Å². The van der Waals surface area contributed by atoms with Gasteiger partial charge < -0.3 is 20.8 Å². The van der Waals surface area contributed by atoms with E-state index >= 15 is 0 Å². The van der Waals surface area contributed by atoms with Crippen molar-refractivity contribution in [3.8, 4) is 0 Å². The molecule has 0 saturated heterocycles. The van der Waals surface area contributed by atoms with Gasteiger partial charge in [0.2, 0.25) is 0 Å². The molecule has 6 heteroatoms. The molecule has 0 atom stereocenters. The zero-order valence-electron chi connectivity index (χ0n) is 16.3. The third-order valence-electron chi connectivity index (χ3n) is 3.99. The SMILES string of the molecule is CCCCN(CCCC)CCCC.Nc1ccc(C(=O)O)c(C(=O)O)c1. The molecule has 0 aromatic heterocycles. The lowest BCUT2D eigenvalue weighted by molar-refractivity contribution is 0.0651. The molecule has 4 N–H and O–H groups in total. The molecule has 0 aliphatic carbocycles. The molecule has 1 rings (SSSR count). The van der Waals surface area contributed by atoms with E-state index in [0.29, 0.717) is 0 Å². The number of anilines is 1. The highest BCUT2D eigenvalue weighted by molar-refractivity contribution is 6.02. The number of nitrogens with zero attached hydrogens (tertiary/aromatic N) is 1. The van der Waals surface area contributed by atoms with Gasteiger partial charge >= 0.3 is 11.9 Å². The van der Waals surface area contributed by atoms with E-state index in [2.05, 4.69) is 25.7 Å². The van der Waals surface area contributed by atoms with Gasteiger partial charge in [0.05, 0.1) is 11.1 Å². The number of benzene rings is 1. The normalized spacial score (nSPS) is 10.3. The number of rotatable bonds is 11. The van der Waals surface area contributed by atoms with Gasteiger partial charge in [-0.3, -0.25) is 0 Å². The summed E-state index contributed by atoms with van der Waals surface area (Å²) in [4.78, 5) is 23.7. The topological polar surface area (TPSA) is 104 Å². The highest BCUT2D eigenvalue weighted by Crippen LogP contribution is 2.13. The van der Waals surface area contributed by atoms with E-state index in [-0.39, 0.29) is 16.8 Å². The zero-order chi connectivity index (χ0) is 19.9. The van der Waals surface area contributed by atoms with Crippen molar-refractivity contribution in [3.63, 3.8) is 0 Å². The van der Waals surface area contributed by atoms with Crippen LogP contribution in [0, 0.1) is 0 Å². The van der Waals surface area contributed by atoms with Gasteiger partial charge in [0.1, 0.15) is 0 Å². The predicted octanol–water partition coefficient (Wildman–Crippen LogP) is 4.35. The maximum atomic E-state index is 10.6. The molecule has 26 heavy (non-hydrogen) atoms. The van der Waals surface area contributed by atoms with E-state index in [0.717, 1.165) is 6.07 Å². The standard InChI is InChI=1S/C12H27N.C8H7NO4/c1-4-7-10-13(11-8-5-2)12-9-6-3;9-4-1-2-5(7(10)11)6(3-4)8(12)13/h4-12H2,1-3H3;1-3H,9H2,(H,10,11)(H,12,13). The van der Waals surface area contributed by atoms with Crippen LogP contribution in [0.1, 0.15) is 80.0 Å². The Labute approximate surface area is 157 Å². The van der Waals surface area contributed by atoms with Crippen molar-refractivity contribution in [2.75, 3.05) is 25.4 Å². The van der Waals surface area contributed by atoms with Crippen LogP contribution in [-0.4, -0.2) is 46.7 Å². The number of aromatic carboxylic acids is 2. The number of hydrogen-bond donors (Lipinski definition) is 3. The Kier molecular flexibility index (Phi) is 13.0. The Hall–Kier alpha value is -2.08. The van der Waals surface area contributed by atoms with Gasteiger partial charge in [-0.05, 0) is 57.1 Å². The van der Waals surface area contributed by atoms with Gasteiger partial charge in [0, 0.05) is 5.69 Å². The van der Waals surface area contributed by atoms with Crippen LogP contribution in [0.4, 0.5) is 5.69 Å². The second kappa shape index (κ2) is 14.1. The molecule has 0 heterocycles. The van der Waals surface area contributed by atoms with Crippen molar-refractivity contribution in [3.05, 3.63) is 29.3 Å². The van der Waals surface area contributed by atoms with Crippen molar-refractivity contribution in [1.29, 1.82) is 0 Å². The van der Waals surface area contributed by atoms with E-state index < -0.39 is 11.9 Å². The molecule has 1 aromatic carbocycles. The van der Waals surface area contributed by atoms with E-state index in [9.17, 15) is 9.59 Å². The lowest BCUT2D eigenvalue weighted by Gasteiger charge is -2.21. The van der Waals surface area contributed by atoms with Crippen LogP contribution in [0.2, 0.25) is 0 Å². The molecule has 6 nitrogen and oxygen atoms in total. The molecular weight excluding hydrogens is 332 g/mol. The van der Waals surface area contributed by atoms with E-state index in [1.165, 1.54) is 70.3 Å². The fourth-order valence-corrected chi connectivity index (χ4v) is 2.41. The quantitative estimate of drug-likeness (QED) is 0.503. The molecule has 0 aliphatic heterocycles. The molecule has 148 valence electrons. The van der Waals surface area contributed by atoms with Crippen LogP contribution in [-0.2, 0) is 0 Å². The number of unbranched alkanes of at least 4 members (excludes halogenated alkanes) is 3. The first-order valence-electron chi connectivity index (χ1n) is 9.45. The van der Waals surface area contributed by atoms with Gasteiger partial charge in [-0.15, -0.1) is 0 Å². The van der Waals surface area contributed by atoms with Gasteiger partial charge in [0.15, 0.2) is 0 Å². The summed E-state index contributed by atoms with van der Waals surface area (Å²) >= 11 is 0. The van der Waals surface area contributed by atoms with Crippen molar-refractivity contribution in [2.24, 2.45) is 0 Å². The summed E-state index contributed by atoms with van der Waals surface area (Å²) < 4.78 is 0. The Morgan fingerprint density at radius 1 is 0.846 bits per heavy atom. The summed E-state index contributed by atoms with van der Waals surface area (Å²) in [6.07, 6.45) is 8.09. The largest absolute Gasteiger partial charge is 0.478 e. The maximum absolute atomic E-state index is 10.6. The average Bonchev–Trinajstić information content (AvgIpc) is 2.61. The molecule has 0 bridgehead atoms. The predicted molar refractivity (Wildman–Crippen MR) is 106 cm³/mol. The molecule has 0 aliphatic rings. The number of nitrogens with two attached hydrogens (primary N) is 1. The fraction of sp³-hybridized carbons (Fsp3) is 0.600. The van der Waals surface area contributed by atoms with E-state index in [1.54, 1.807) is 0 Å². The van der Waals surface area contributed by atoms with Gasteiger partial charge in [0.25, 0.3) is 0 Å². The van der Waals surface area contributed by atoms with Crippen LogP contribution < -0.4 is 5.73 Å². The van der Waals surface area contributed by atoms with Crippen LogP contribution in [0.15, 0.2) is 18.2 Å². The molecule has 1 aromatic rings. The lowest BCUT2D eigenvalue weighted by atomic mass is 10.1. The van der Waals surface area contributed by atoms with Crippen LogP contribution >= 0.6 is 0 Å². The Balaban J connectivity index is 0.000000481. The lowest BCUT2D eigenvalue weighted by Crippen LogP contribution is -2.27. The minimum Gasteiger partial charge on any atom is -0.478 e. The zero-order valence-corrected chi connectivity index (χ0v) is 16.3. The Morgan fingerprint density at radius 3 is 1.62 bits per heavy atom. The summed E-state index contributed by atoms with van der Waals surface area (Å²) in [6, 6.07) is 3.63. The van der Waals surface area contributed by atoms with E-state index in [4.69, 9.17) is 15.9 Å². The minimum absolute atomic E-state index is 0.224. The van der Waals surface area contributed by atoms with Crippen molar-refractivity contribution in [2.45, 2.75) is 59.3 Å². The van der Waals surface area contributed by atoms with Crippen molar-refractivity contribution < 1.29 is 19.8 Å². The molecule has 0 fully saturated rings. The first-order chi connectivity index (χ1) is 12.4. The van der Waals surface area contributed by atoms with Crippen molar-refractivity contribution in [1.82, 2.24) is 4.90 Å². The number of nitrogen functional groups attached to an aromatic ring is 1. The summed E-state index contributed by atoms with van der Waals surface area (Å²) in [5, 5.41) is 17.2. The molecule has 0 amide bonds. The minimum atomic E-state index is -1.30. The molecule has 0 unspecified atom stereocenters. The maximum Gasteiger partial charge on any atom is 0.336 e. The third kappa shape index (κ3) is 10.0. The van der Waals surface area contributed by atoms with Gasteiger partial charge in [-0.1, -0.05) is 40.0 Å². The summed E-state index contributed by atoms with van der Waals surface area (Å²) in [5.41, 5.74) is 4.97. The summed E-state index contributed by atoms with van der Waals surface area (Å²) in [5.74, 6) is -2.58. The Morgan fingerprint density at radius 2 is 1.27 bits per heavy atom. The highest BCUT2D eigenvalue weighted by atomic mass is 16.4. The molecular formula is C20H34N2O4. The smallest absolute Gasteiger partial charge is 0.336 e. The average molecular weight is 367 g/mol.